The third kappa shape index (κ3) is 2.83. The van der Waals surface area contributed by atoms with Crippen LogP contribution in [0.1, 0.15) is 48.1 Å². The molecule has 0 radical (unpaired) electrons. The first-order chi connectivity index (χ1) is 9.02. The van der Waals surface area contributed by atoms with E-state index >= 15 is 0 Å². The largest absolute Gasteiger partial charge is 0.466 e. The Bertz CT molecular complexity index is 569. The van der Waals surface area contributed by atoms with Gasteiger partial charge in [0.05, 0.1) is 6.04 Å². The van der Waals surface area contributed by atoms with Gasteiger partial charge in [-0.15, -0.1) is 0 Å². The molecule has 19 heavy (non-hydrogen) atoms. The predicted octanol–water partition coefficient (Wildman–Crippen LogP) is 4.94. The Balaban J connectivity index is 2.28. The highest BCUT2D eigenvalue weighted by atomic mass is 16.3. The number of aryl methyl sites for hydroxylation is 4. The Morgan fingerprint density at radius 2 is 1.95 bits per heavy atom. The Morgan fingerprint density at radius 1 is 1.21 bits per heavy atom. The van der Waals surface area contributed by atoms with Crippen molar-refractivity contribution in [2.45, 2.75) is 47.1 Å². The topological polar surface area (TPSA) is 25.2 Å². The second-order valence-electron chi connectivity index (χ2n) is 5.20. The zero-order valence-electron chi connectivity index (χ0n) is 12.5. The first-order valence-corrected chi connectivity index (χ1v) is 6.94. The minimum absolute atomic E-state index is 0.254. The summed E-state index contributed by atoms with van der Waals surface area (Å²) in [6.45, 7) is 10.6. The van der Waals surface area contributed by atoms with Crippen LogP contribution in [0.2, 0.25) is 0 Å². The van der Waals surface area contributed by atoms with Crippen molar-refractivity contribution in [3.05, 3.63) is 52.5 Å². The van der Waals surface area contributed by atoms with E-state index in [1.165, 1.54) is 22.4 Å². The molecular weight excluding hydrogens is 234 g/mol. The van der Waals surface area contributed by atoms with Crippen molar-refractivity contribution in [1.29, 1.82) is 0 Å². The van der Waals surface area contributed by atoms with Gasteiger partial charge in [-0.25, -0.2) is 0 Å². The molecule has 1 aromatic carbocycles. The zero-order chi connectivity index (χ0) is 14.0. The van der Waals surface area contributed by atoms with Crippen molar-refractivity contribution < 1.29 is 4.42 Å². The monoisotopic (exact) mass is 257 g/mol. The number of anilines is 1. The van der Waals surface area contributed by atoms with Gasteiger partial charge >= 0.3 is 0 Å². The van der Waals surface area contributed by atoms with Crippen molar-refractivity contribution >= 4 is 5.69 Å². The molecule has 0 amide bonds. The summed E-state index contributed by atoms with van der Waals surface area (Å²) in [4.78, 5) is 0. The van der Waals surface area contributed by atoms with Crippen LogP contribution in [-0.2, 0) is 6.42 Å². The minimum atomic E-state index is 0.254. The van der Waals surface area contributed by atoms with Crippen LogP contribution >= 0.6 is 0 Å². The highest BCUT2D eigenvalue weighted by Crippen LogP contribution is 2.28. The van der Waals surface area contributed by atoms with Gasteiger partial charge in [-0.2, -0.15) is 0 Å². The number of hydrogen-bond donors (Lipinski definition) is 1. The van der Waals surface area contributed by atoms with Gasteiger partial charge in [0.1, 0.15) is 11.5 Å². The summed E-state index contributed by atoms with van der Waals surface area (Å²) in [7, 11) is 0. The van der Waals surface area contributed by atoms with E-state index in [0.717, 1.165) is 17.9 Å². The molecule has 1 atom stereocenters. The number of rotatable bonds is 4. The summed E-state index contributed by atoms with van der Waals surface area (Å²) >= 11 is 0. The molecule has 0 aliphatic rings. The zero-order valence-corrected chi connectivity index (χ0v) is 12.5. The van der Waals surface area contributed by atoms with Crippen LogP contribution in [-0.4, -0.2) is 0 Å². The summed E-state index contributed by atoms with van der Waals surface area (Å²) in [5, 5.41) is 3.64. The summed E-state index contributed by atoms with van der Waals surface area (Å²) < 4.78 is 5.62. The fourth-order valence-electron chi connectivity index (χ4n) is 2.60. The molecule has 2 aromatic rings. The molecule has 0 fully saturated rings. The first kappa shape index (κ1) is 13.7. The van der Waals surface area contributed by atoms with Gasteiger partial charge in [0.2, 0.25) is 0 Å². The minimum Gasteiger partial charge on any atom is -0.466 e. The third-order valence-corrected chi connectivity index (χ3v) is 3.65. The Labute approximate surface area is 115 Å². The van der Waals surface area contributed by atoms with Crippen LogP contribution in [0.4, 0.5) is 5.69 Å². The molecule has 1 N–H and O–H groups in total. The SMILES string of the molecule is CCc1cccc(C)c1NC(C)c1cc(C)oc1C. The van der Waals surface area contributed by atoms with Crippen LogP contribution in [0.25, 0.3) is 0 Å². The van der Waals surface area contributed by atoms with Gasteiger partial charge in [-0.3, -0.25) is 0 Å². The molecule has 0 bridgehead atoms. The number of para-hydroxylation sites is 1. The average Bonchev–Trinajstić information content (AvgIpc) is 2.71. The second-order valence-corrected chi connectivity index (χ2v) is 5.20. The van der Waals surface area contributed by atoms with Gasteiger partial charge in [-0.05, 0) is 51.3 Å². The van der Waals surface area contributed by atoms with Gasteiger partial charge in [-0.1, -0.05) is 25.1 Å². The highest BCUT2D eigenvalue weighted by molar-refractivity contribution is 5.58. The highest BCUT2D eigenvalue weighted by Gasteiger charge is 2.14. The van der Waals surface area contributed by atoms with E-state index in [1.54, 1.807) is 0 Å². The Hall–Kier alpha value is -1.70. The molecule has 0 aliphatic carbocycles. The maximum Gasteiger partial charge on any atom is 0.106 e. The van der Waals surface area contributed by atoms with Crippen molar-refractivity contribution in [3.63, 3.8) is 0 Å². The summed E-state index contributed by atoms with van der Waals surface area (Å²) in [6, 6.07) is 8.84. The first-order valence-electron chi connectivity index (χ1n) is 6.94. The normalized spacial score (nSPS) is 12.5. The lowest BCUT2D eigenvalue weighted by molar-refractivity contribution is 0.500. The molecule has 1 unspecified atom stereocenters. The number of benzene rings is 1. The quantitative estimate of drug-likeness (QED) is 0.839. The van der Waals surface area contributed by atoms with E-state index in [1.807, 2.05) is 13.8 Å². The standard InChI is InChI=1S/C17H23NO/c1-6-15-9-7-8-11(2)17(15)18-13(4)16-10-12(3)19-14(16)5/h7-10,13,18H,6H2,1-5H3. The molecule has 1 aromatic heterocycles. The number of nitrogens with one attached hydrogen (secondary N) is 1. The van der Waals surface area contributed by atoms with Crippen molar-refractivity contribution in [1.82, 2.24) is 0 Å². The van der Waals surface area contributed by atoms with E-state index in [4.69, 9.17) is 4.42 Å². The summed E-state index contributed by atoms with van der Waals surface area (Å²) in [5.41, 5.74) is 5.16. The van der Waals surface area contributed by atoms with Crippen LogP contribution in [0.15, 0.2) is 28.7 Å². The molecule has 2 heteroatoms. The van der Waals surface area contributed by atoms with E-state index in [0.29, 0.717) is 0 Å². The average molecular weight is 257 g/mol. The molecule has 0 aliphatic heterocycles. The number of hydrogen-bond acceptors (Lipinski definition) is 2. The molecule has 0 spiro atoms. The lowest BCUT2D eigenvalue weighted by atomic mass is 10.0. The van der Waals surface area contributed by atoms with Gasteiger partial charge < -0.3 is 9.73 Å². The molecule has 0 saturated heterocycles. The molecule has 1 heterocycles. The Morgan fingerprint density at radius 3 is 2.53 bits per heavy atom. The number of furan rings is 1. The predicted molar refractivity (Wildman–Crippen MR) is 80.8 cm³/mol. The van der Waals surface area contributed by atoms with Crippen molar-refractivity contribution in [3.8, 4) is 0 Å². The second kappa shape index (κ2) is 5.52. The van der Waals surface area contributed by atoms with E-state index < -0.39 is 0 Å². The van der Waals surface area contributed by atoms with Gasteiger partial charge in [0, 0.05) is 11.3 Å². The summed E-state index contributed by atoms with van der Waals surface area (Å²) in [5.74, 6) is 1.98. The van der Waals surface area contributed by atoms with Crippen LogP contribution in [0.3, 0.4) is 0 Å². The molecule has 0 saturated carbocycles. The van der Waals surface area contributed by atoms with Crippen molar-refractivity contribution in [2.24, 2.45) is 0 Å². The van der Waals surface area contributed by atoms with E-state index in [9.17, 15) is 0 Å². The van der Waals surface area contributed by atoms with Gasteiger partial charge in [0.25, 0.3) is 0 Å². The smallest absolute Gasteiger partial charge is 0.106 e. The van der Waals surface area contributed by atoms with Crippen LogP contribution < -0.4 is 5.32 Å². The summed E-state index contributed by atoms with van der Waals surface area (Å²) in [6.07, 6.45) is 1.04. The lowest BCUT2D eigenvalue weighted by Gasteiger charge is -2.19. The van der Waals surface area contributed by atoms with Crippen molar-refractivity contribution in [2.75, 3.05) is 5.32 Å². The molecule has 2 nitrogen and oxygen atoms in total. The molecule has 102 valence electrons. The third-order valence-electron chi connectivity index (χ3n) is 3.65. The molecule has 2 rings (SSSR count). The lowest BCUT2D eigenvalue weighted by Crippen LogP contribution is -2.09. The fourth-order valence-corrected chi connectivity index (χ4v) is 2.60. The fraction of sp³-hybridized carbons (Fsp3) is 0.412. The van der Waals surface area contributed by atoms with Crippen LogP contribution in [0.5, 0.6) is 0 Å². The maximum absolute atomic E-state index is 5.62. The maximum atomic E-state index is 5.62. The van der Waals surface area contributed by atoms with E-state index in [2.05, 4.69) is 50.4 Å². The van der Waals surface area contributed by atoms with E-state index in [-0.39, 0.29) is 6.04 Å². The van der Waals surface area contributed by atoms with Gasteiger partial charge in [0.15, 0.2) is 0 Å². The van der Waals surface area contributed by atoms with Crippen LogP contribution in [0, 0.1) is 20.8 Å². The Kier molecular flexibility index (Phi) is 3.98. The molecular formula is C17H23NO.